The van der Waals surface area contributed by atoms with Crippen molar-refractivity contribution in [1.82, 2.24) is 0 Å². The van der Waals surface area contributed by atoms with Gasteiger partial charge in [0.1, 0.15) is 5.82 Å². The summed E-state index contributed by atoms with van der Waals surface area (Å²) in [5, 5.41) is 12.9. The van der Waals surface area contributed by atoms with Gasteiger partial charge in [-0.3, -0.25) is 14.9 Å². The van der Waals surface area contributed by atoms with E-state index in [1.807, 2.05) is 0 Å². The molecule has 6 nitrogen and oxygen atoms in total. The maximum absolute atomic E-state index is 13.6. The van der Waals surface area contributed by atoms with Crippen molar-refractivity contribution in [2.24, 2.45) is 0 Å². The van der Waals surface area contributed by atoms with Crippen LogP contribution in [0.15, 0.2) is 36.4 Å². The molecule has 3 N–H and O–H groups in total. The summed E-state index contributed by atoms with van der Waals surface area (Å²) in [6, 6.07) is 7.19. The predicted molar refractivity (Wildman–Crippen MR) is 76.9 cm³/mol. The van der Waals surface area contributed by atoms with Gasteiger partial charge >= 0.3 is 0 Å². The number of hydrogen-bond donors (Lipinski definition) is 2. The standard InChI is InChI=1S/C13H9ClFN3O3/c14-10-6-8(18(20)21)2-4-12(10)17-13(19)9-3-1-7(16)5-11(9)15/h1-6H,16H2,(H,17,19). The quantitative estimate of drug-likeness (QED) is 0.516. The molecular weight excluding hydrogens is 301 g/mol. The van der Waals surface area contributed by atoms with E-state index in [0.29, 0.717) is 0 Å². The van der Waals surface area contributed by atoms with Gasteiger partial charge in [-0.25, -0.2) is 4.39 Å². The molecule has 2 aromatic carbocycles. The molecule has 0 heterocycles. The number of halogens is 2. The van der Waals surface area contributed by atoms with Crippen LogP contribution in [-0.2, 0) is 0 Å². The third-order valence-corrected chi connectivity index (χ3v) is 2.96. The lowest BCUT2D eigenvalue weighted by Crippen LogP contribution is -2.14. The zero-order valence-electron chi connectivity index (χ0n) is 10.5. The average Bonchev–Trinajstić information content (AvgIpc) is 2.40. The monoisotopic (exact) mass is 309 g/mol. The molecule has 0 aliphatic heterocycles. The van der Waals surface area contributed by atoms with Crippen molar-refractivity contribution in [3.63, 3.8) is 0 Å². The predicted octanol–water partition coefficient (Wildman–Crippen LogP) is 3.22. The number of rotatable bonds is 3. The smallest absolute Gasteiger partial charge is 0.271 e. The number of carbonyl (C=O) groups is 1. The number of nitrogens with one attached hydrogen (secondary N) is 1. The maximum atomic E-state index is 13.6. The number of hydrogen-bond acceptors (Lipinski definition) is 4. The van der Waals surface area contributed by atoms with Crippen molar-refractivity contribution in [2.45, 2.75) is 0 Å². The van der Waals surface area contributed by atoms with E-state index < -0.39 is 16.6 Å². The first-order valence-electron chi connectivity index (χ1n) is 5.69. The first-order chi connectivity index (χ1) is 9.88. The normalized spacial score (nSPS) is 10.2. The molecule has 0 fully saturated rings. The lowest BCUT2D eigenvalue weighted by molar-refractivity contribution is -0.384. The third-order valence-electron chi connectivity index (χ3n) is 2.65. The summed E-state index contributed by atoms with van der Waals surface area (Å²) < 4.78 is 13.6. The van der Waals surface area contributed by atoms with Gasteiger partial charge in [-0.15, -0.1) is 0 Å². The Balaban J connectivity index is 2.25. The minimum absolute atomic E-state index is 0.0200. The van der Waals surface area contributed by atoms with E-state index in [1.165, 1.54) is 24.3 Å². The SMILES string of the molecule is Nc1ccc(C(=O)Nc2ccc([N+](=O)[O-])cc2Cl)c(F)c1. The number of benzene rings is 2. The molecule has 0 atom stereocenters. The van der Waals surface area contributed by atoms with Gasteiger partial charge in [-0.05, 0) is 24.3 Å². The number of nitrogens with two attached hydrogens (primary N) is 1. The van der Waals surface area contributed by atoms with E-state index in [4.69, 9.17) is 17.3 Å². The van der Waals surface area contributed by atoms with Gasteiger partial charge in [0.2, 0.25) is 0 Å². The van der Waals surface area contributed by atoms with E-state index in [9.17, 15) is 19.3 Å². The topological polar surface area (TPSA) is 98.3 Å². The summed E-state index contributed by atoms with van der Waals surface area (Å²) >= 11 is 5.84. The fourth-order valence-electron chi connectivity index (χ4n) is 1.62. The zero-order valence-corrected chi connectivity index (χ0v) is 11.2. The van der Waals surface area contributed by atoms with Crippen molar-refractivity contribution in [3.8, 4) is 0 Å². The zero-order chi connectivity index (χ0) is 15.6. The van der Waals surface area contributed by atoms with E-state index in [2.05, 4.69) is 5.32 Å². The molecule has 0 saturated carbocycles. The minimum Gasteiger partial charge on any atom is -0.399 e. The molecule has 0 unspecified atom stereocenters. The Hall–Kier alpha value is -2.67. The Bertz CT molecular complexity index is 737. The number of nitrogens with zero attached hydrogens (tertiary/aromatic N) is 1. The summed E-state index contributed by atoms with van der Waals surface area (Å²) in [6.07, 6.45) is 0. The molecule has 0 bridgehead atoms. The summed E-state index contributed by atoms with van der Waals surface area (Å²) in [4.78, 5) is 21.9. The van der Waals surface area contributed by atoms with Gasteiger partial charge in [-0.1, -0.05) is 11.6 Å². The highest BCUT2D eigenvalue weighted by Crippen LogP contribution is 2.27. The van der Waals surface area contributed by atoms with Crippen molar-refractivity contribution in [1.29, 1.82) is 0 Å². The highest BCUT2D eigenvalue weighted by molar-refractivity contribution is 6.34. The fourth-order valence-corrected chi connectivity index (χ4v) is 1.85. The van der Waals surface area contributed by atoms with Crippen LogP contribution in [0.25, 0.3) is 0 Å². The highest BCUT2D eigenvalue weighted by Gasteiger charge is 2.15. The molecule has 0 saturated heterocycles. The van der Waals surface area contributed by atoms with E-state index in [-0.39, 0.29) is 27.6 Å². The molecule has 0 radical (unpaired) electrons. The molecule has 0 spiro atoms. The van der Waals surface area contributed by atoms with Crippen LogP contribution in [0.1, 0.15) is 10.4 Å². The number of non-ortho nitro benzene ring substituents is 1. The first-order valence-corrected chi connectivity index (χ1v) is 6.06. The van der Waals surface area contributed by atoms with Gasteiger partial charge in [-0.2, -0.15) is 0 Å². The van der Waals surface area contributed by atoms with Crippen LogP contribution < -0.4 is 11.1 Å². The lowest BCUT2D eigenvalue weighted by atomic mass is 10.1. The van der Waals surface area contributed by atoms with Crippen LogP contribution in [0.2, 0.25) is 5.02 Å². The van der Waals surface area contributed by atoms with Crippen LogP contribution in [0.5, 0.6) is 0 Å². The summed E-state index contributed by atoms with van der Waals surface area (Å²) in [5.41, 5.74) is 5.31. The number of nitrogen functional groups attached to an aromatic ring is 1. The van der Waals surface area contributed by atoms with Crippen LogP contribution in [-0.4, -0.2) is 10.8 Å². The van der Waals surface area contributed by atoms with Crippen LogP contribution in [0, 0.1) is 15.9 Å². The summed E-state index contributed by atoms with van der Waals surface area (Å²) in [7, 11) is 0. The Morgan fingerprint density at radius 3 is 2.57 bits per heavy atom. The van der Waals surface area contributed by atoms with E-state index in [0.717, 1.165) is 12.1 Å². The molecule has 2 aromatic rings. The van der Waals surface area contributed by atoms with Crippen LogP contribution in [0.3, 0.4) is 0 Å². The summed E-state index contributed by atoms with van der Waals surface area (Å²) in [6.45, 7) is 0. The second kappa shape index (κ2) is 5.76. The molecule has 2 rings (SSSR count). The third kappa shape index (κ3) is 3.26. The minimum atomic E-state index is -0.773. The average molecular weight is 310 g/mol. The Morgan fingerprint density at radius 2 is 2.00 bits per heavy atom. The molecule has 1 amide bonds. The second-order valence-corrected chi connectivity index (χ2v) is 4.52. The highest BCUT2D eigenvalue weighted by atomic mass is 35.5. The van der Waals surface area contributed by atoms with Crippen LogP contribution >= 0.6 is 11.6 Å². The number of nitro benzene ring substituents is 1. The fraction of sp³-hybridized carbons (Fsp3) is 0. The Morgan fingerprint density at radius 1 is 1.29 bits per heavy atom. The molecule has 8 heteroatoms. The number of anilines is 2. The molecule has 108 valence electrons. The second-order valence-electron chi connectivity index (χ2n) is 4.11. The van der Waals surface area contributed by atoms with E-state index >= 15 is 0 Å². The van der Waals surface area contributed by atoms with Crippen molar-refractivity contribution < 1.29 is 14.1 Å². The van der Waals surface area contributed by atoms with Gasteiger partial charge < -0.3 is 11.1 Å². The molecule has 0 aliphatic rings. The van der Waals surface area contributed by atoms with Crippen molar-refractivity contribution >= 4 is 34.6 Å². The largest absolute Gasteiger partial charge is 0.399 e. The van der Waals surface area contributed by atoms with Gasteiger partial charge in [0, 0.05) is 17.8 Å². The molecule has 0 aliphatic carbocycles. The Kier molecular flexibility index (Phi) is 4.04. The molecule has 0 aromatic heterocycles. The number of carbonyl (C=O) groups excluding carboxylic acids is 1. The maximum Gasteiger partial charge on any atom is 0.271 e. The van der Waals surface area contributed by atoms with Gasteiger partial charge in [0.25, 0.3) is 11.6 Å². The molecule has 21 heavy (non-hydrogen) atoms. The lowest BCUT2D eigenvalue weighted by Gasteiger charge is -2.08. The van der Waals surface area contributed by atoms with Crippen molar-refractivity contribution in [3.05, 3.63) is 62.9 Å². The van der Waals surface area contributed by atoms with E-state index in [1.54, 1.807) is 0 Å². The number of nitro groups is 1. The Labute approximate surface area is 123 Å². The van der Waals surface area contributed by atoms with Gasteiger partial charge in [0.15, 0.2) is 0 Å². The van der Waals surface area contributed by atoms with Crippen molar-refractivity contribution in [2.75, 3.05) is 11.1 Å². The first kappa shape index (κ1) is 14.7. The number of amides is 1. The van der Waals surface area contributed by atoms with Crippen LogP contribution in [0.4, 0.5) is 21.5 Å². The molecular formula is C13H9ClFN3O3. The van der Waals surface area contributed by atoms with Gasteiger partial charge in [0.05, 0.1) is 21.2 Å². The summed E-state index contributed by atoms with van der Waals surface area (Å²) in [5.74, 6) is -1.51.